The number of hydrogen-bond acceptors (Lipinski definition) is 3. The Morgan fingerprint density at radius 3 is 2.10 bits per heavy atom. The van der Waals surface area contributed by atoms with Crippen molar-refractivity contribution in [3.05, 3.63) is 35.4 Å². The Balaban J connectivity index is 2.21. The highest BCUT2D eigenvalue weighted by Gasteiger charge is 2.32. The van der Waals surface area contributed by atoms with Gasteiger partial charge in [-0.1, -0.05) is 12.1 Å². The van der Waals surface area contributed by atoms with E-state index in [1.165, 1.54) is 12.1 Å². The first-order valence-corrected chi connectivity index (χ1v) is 6.38. The second-order valence-electron chi connectivity index (χ2n) is 5.15. The van der Waals surface area contributed by atoms with Gasteiger partial charge in [0.05, 0.1) is 18.8 Å². The van der Waals surface area contributed by atoms with Gasteiger partial charge in [-0.2, -0.15) is 13.2 Å². The Bertz CT molecular complexity index is 425. The average Bonchev–Trinajstić information content (AvgIpc) is 2.39. The lowest BCUT2D eigenvalue weighted by Gasteiger charge is -2.34. The van der Waals surface area contributed by atoms with Gasteiger partial charge in [0.25, 0.3) is 0 Å². The molecule has 0 aromatic heterocycles. The van der Waals surface area contributed by atoms with Gasteiger partial charge in [-0.05, 0) is 31.8 Å². The van der Waals surface area contributed by atoms with E-state index in [1.807, 2.05) is 19.0 Å². The fourth-order valence-electron chi connectivity index (χ4n) is 2.55. The minimum Gasteiger partial charge on any atom is -0.355 e. The normalized spacial score (nSPS) is 19.3. The van der Waals surface area contributed by atoms with E-state index in [0.29, 0.717) is 13.2 Å². The number of alkyl halides is 3. The summed E-state index contributed by atoms with van der Waals surface area (Å²) in [5.41, 5.74) is 0.206. The third kappa shape index (κ3) is 3.50. The molecule has 0 saturated carbocycles. The highest BCUT2D eigenvalue weighted by atomic mass is 19.4. The van der Waals surface area contributed by atoms with Crippen LogP contribution in [0.15, 0.2) is 24.3 Å². The second-order valence-corrected chi connectivity index (χ2v) is 5.15. The molecule has 0 N–H and O–H groups in total. The van der Waals surface area contributed by atoms with Gasteiger partial charge in [0.15, 0.2) is 0 Å². The van der Waals surface area contributed by atoms with Crippen LogP contribution in [0.4, 0.5) is 13.2 Å². The zero-order valence-electron chi connectivity index (χ0n) is 11.5. The van der Waals surface area contributed by atoms with Gasteiger partial charge < -0.3 is 14.4 Å². The van der Waals surface area contributed by atoms with Crippen LogP contribution in [0.2, 0.25) is 0 Å². The van der Waals surface area contributed by atoms with Crippen molar-refractivity contribution in [2.24, 2.45) is 5.92 Å². The summed E-state index contributed by atoms with van der Waals surface area (Å²) in [5.74, 6) is 0.107. The summed E-state index contributed by atoms with van der Waals surface area (Å²) in [7, 11) is 3.80. The number of ether oxygens (including phenoxy) is 2. The molecule has 112 valence electrons. The van der Waals surface area contributed by atoms with Gasteiger partial charge in [0, 0.05) is 12.0 Å². The molecular weight excluding hydrogens is 271 g/mol. The van der Waals surface area contributed by atoms with Crippen molar-refractivity contribution in [1.29, 1.82) is 0 Å². The second kappa shape index (κ2) is 6.11. The summed E-state index contributed by atoms with van der Waals surface area (Å²) in [5, 5.41) is 0. The van der Waals surface area contributed by atoms with Crippen LogP contribution in [0.3, 0.4) is 0 Å². The van der Waals surface area contributed by atoms with E-state index in [9.17, 15) is 13.2 Å². The molecule has 20 heavy (non-hydrogen) atoms. The molecule has 1 heterocycles. The SMILES string of the molecule is CN(C)C(c1ccc(C(F)(F)F)cc1)C1COCOC1. The minimum atomic E-state index is -4.30. The maximum Gasteiger partial charge on any atom is 0.416 e. The van der Waals surface area contributed by atoms with Crippen molar-refractivity contribution in [2.45, 2.75) is 12.2 Å². The predicted molar refractivity (Wildman–Crippen MR) is 68.1 cm³/mol. The van der Waals surface area contributed by atoms with E-state index in [1.54, 1.807) is 0 Å². The Morgan fingerprint density at radius 2 is 1.65 bits per heavy atom. The van der Waals surface area contributed by atoms with Crippen LogP contribution in [-0.4, -0.2) is 39.0 Å². The van der Waals surface area contributed by atoms with Crippen LogP contribution in [-0.2, 0) is 15.7 Å². The third-order valence-corrected chi connectivity index (χ3v) is 3.41. The van der Waals surface area contributed by atoms with Gasteiger partial charge in [0.1, 0.15) is 6.79 Å². The summed E-state index contributed by atoms with van der Waals surface area (Å²) >= 11 is 0. The third-order valence-electron chi connectivity index (χ3n) is 3.41. The van der Waals surface area contributed by atoms with Crippen molar-refractivity contribution in [2.75, 3.05) is 34.1 Å². The first kappa shape index (κ1) is 15.3. The van der Waals surface area contributed by atoms with Gasteiger partial charge in [0.2, 0.25) is 0 Å². The van der Waals surface area contributed by atoms with E-state index in [-0.39, 0.29) is 18.8 Å². The Kier molecular flexibility index (Phi) is 4.67. The first-order valence-electron chi connectivity index (χ1n) is 6.38. The van der Waals surface area contributed by atoms with Crippen LogP contribution in [0.1, 0.15) is 17.2 Å². The number of hydrogen-bond donors (Lipinski definition) is 0. The molecule has 1 saturated heterocycles. The molecule has 2 rings (SSSR count). The van der Waals surface area contributed by atoms with Gasteiger partial charge in [-0.3, -0.25) is 0 Å². The maximum absolute atomic E-state index is 12.6. The molecule has 6 heteroatoms. The highest BCUT2D eigenvalue weighted by Crippen LogP contribution is 2.33. The molecule has 1 aliphatic heterocycles. The maximum atomic E-state index is 12.6. The Hall–Kier alpha value is -1.11. The van der Waals surface area contributed by atoms with Crippen molar-refractivity contribution in [3.63, 3.8) is 0 Å². The van der Waals surface area contributed by atoms with Crippen molar-refractivity contribution in [3.8, 4) is 0 Å². The highest BCUT2D eigenvalue weighted by molar-refractivity contribution is 5.27. The van der Waals surface area contributed by atoms with Crippen LogP contribution < -0.4 is 0 Å². The number of halogens is 3. The molecule has 0 spiro atoms. The van der Waals surface area contributed by atoms with Gasteiger partial charge >= 0.3 is 6.18 Å². The molecule has 1 atom stereocenters. The summed E-state index contributed by atoms with van der Waals surface area (Å²) in [4.78, 5) is 1.98. The summed E-state index contributed by atoms with van der Waals surface area (Å²) in [6, 6.07) is 5.27. The smallest absolute Gasteiger partial charge is 0.355 e. The minimum absolute atomic E-state index is 0.0300. The van der Waals surface area contributed by atoms with Crippen LogP contribution in [0, 0.1) is 5.92 Å². The molecule has 0 amide bonds. The number of nitrogens with zero attached hydrogens (tertiary/aromatic N) is 1. The van der Waals surface area contributed by atoms with Crippen molar-refractivity contribution in [1.82, 2.24) is 4.90 Å². The molecule has 0 bridgehead atoms. The lowest BCUT2D eigenvalue weighted by atomic mass is 9.92. The standard InChI is InChI=1S/C14H18F3NO2/c1-18(2)13(11-7-19-9-20-8-11)10-3-5-12(6-4-10)14(15,16)17/h3-6,11,13H,7-9H2,1-2H3. The van der Waals surface area contributed by atoms with E-state index >= 15 is 0 Å². The van der Waals surface area contributed by atoms with Crippen LogP contribution >= 0.6 is 0 Å². The molecule has 1 aromatic carbocycles. The zero-order valence-corrected chi connectivity index (χ0v) is 11.5. The molecule has 0 radical (unpaired) electrons. The number of benzene rings is 1. The Morgan fingerprint density at radius 1 is 1.10 bits per heavy atom. The van der Waals surface area contributed by atoms with Crippen molar-refractivity contribution < 1.29 is 22.6 Å². The lowest BCUT2D eigenvalue weighted by Crippen LogP contribution is -2.36. The first-order chi connectivity index (χ1) is 9.39. The molecule has 3 nitrogen and oxygen atoms in total. The Labute approximate surface area is 116 Å². The zero-order chi connectivity index (χ0) is 14.8. The molecule has 1 unspecified atom stereocenters. The van der Waals surface area contributed by atoms with E-state index in [2.05, 4.69) is 0 Å². The fourth-order valence-corrected chi connectivity index (χ4v) is 2.55. The lowest BCUT2D eigenvalue weighted by molar-refractivity contribution is -0.140. The van der Waals surface area contributed by atoms with Gasteiger partial charge in [-0.25, -0.2) is 0 Å². The molecule has 1 fully saturated rings. The fraction of sp³-hybridized carbons (Fsp3) is 0.571. The topological polar surface area (TPSA) is 21.7 Å². The largest absolute Gasteiger partial charge is 0.416 e. The van der Waals surface area contributed by atoms with E-state index in [4.69, 9.17) is 9.47 Å². The van der Waals surface area contributed by atoms with E-state index < -0.39 is 11.7 Å². The molecule has 1 aromatic rings. The summed E-state index contributed by atoms with van der Waals surface area (Å²) in [6.45, 7) is 1.37. The molecule has 0 aliphatic carbocycles. The summed E-state index contributed by atoms with van der Waals surface area (Å²) in [6.07, 6.45) is -4.30. The molecular formula is C14H18F3NO2. The van der Waals surface area contributed by atoms with E-state index in [0.717, 1.165) is 17.7 Å². The molecule has 1 aliphatic rings. The quantitative estimate of drug-likeness (QED) is 0.854. The van der Waals surface area contributed by atoms with Gasteiger partial charge in [-0.15, -0.1) is 0 Å². The van der Waals surface area contributed by atoms with Crippen LogP contribution in [0.5, 0.6) is 0 Å². The number of rotatable bonds is 3. The summed E-state index contributed by atoms with van der Waals surface area (Å²) < 4.78 is 48.3. The average molecular weight is 289 g/mol. The predicted octanol–water partition coefficient (Wildman–Crippen LogP) is 2.93. The van der Waals surface area contributed by atoms with Crippen LogP contribution in [0.25, 0.3) is 0 Å². The van der Waals surface area contributed by atoms with Crippen molar-refractivity contribution >= 4 is 0 Å². The monoisotopic (exact) mass is 289 g/mol.